The van der Waals surface area contributed by atoms with Crippen LogP contribution in [-0.2, 0) is 22.5 Å². The van der Waals surface area contributed by atoms with Crippen molar-refractivity contribution in [2.24, 2.45) is 0 Å². The minimum absolute atomic E-state index is 0.0425. The van der Waals surface area contributed by atoms with E-state index in [1.165, 1.54) is 11.1 Å². The molecule has 0 aromatic carbocycles. The summed E-state index contributed by atoms with van der Waals surface area (Å²) in [5.41, 5.74) is 2.59. The second-order valence-corrected chi connectivity index (χ2v) is 9.95. The Balaban J connectivity index is 1.51. The summed E-state index contributed by atoms with van der Waals surface area (Å²) in [4.78, 5) is 52.6. The van der Waals surface area contributed by atoms with Crippen LogP contribution in [0, 0.1) is 11.3 Å². The number of aryl methyl sites for hydroxylation is 1. The quantitative estimate of drug-likeness (QED) is 0.338. The fourth-order valence-corrected chi connectivity index (χ4v) is 5.28. The number of nitrogens with zero attached hydrogens (tertiary/aromatic N) is 6. The molecule has 1 fully saturated rings. The first-order valence-electron chi connectivity index (χ1n) is 13.6. The molecule has 12 nitrogen and oxygen atoms in total. The van der Waals surface area contributed by atoms with Gasteiger partial charge in [-0.3, -0.25) is 24.7 Å². The molecule has 2 aromatic heterocycles. The lowest BCUT2D eigenvalue weighted by Gasteiger charge is -2.30. The number of urea groups is 1. The van der Waals surface area contributed by atoms with E-state index in [0.717, 1.165) is 37.9 Å². The Morgan fingerprint density at radius 1 is 1.30 bits per heavy atom. The summed E-state index contributed by atoms with van der Waals surface area (Å²) in [5, 5.41) is 15.3. The fourth-order valence-electron chi connectivity index (χ4n) is 5.28. The van der Waals surface area contributed by atoms with E-state index in [4.69, 9.17) is 4.74 Å². The third-order valence-electron chi connectivity index (χ3n) is 7.35. The molecule has 0 unspecified atom stereocenters. The first kappa shape index (κ1) is 28.9. The van der Waals surface area contributed by atoms with Crippen molar-refractivity contribution < 1.29 is 19.1 Å². The normalized spacial score (nSPS) is 16.6. The van der Waals surface area contributed by atoms with Crippen LogP contribution in [0.15, 0.2) is 18.3 Å². The van der Waals surface area contributed by atoms with Crippen LogP contribution in [0.2, 0.25) is 0 Å². The summed E-state index contributed by atoms with van der Waals surface area (Å²) in [6.45, 7) is 5.43. The predicted molar refractivity (Wildman–Crippen MR) is 150 cm³/mol. The fraction of sp³-hybridized carbons (Fsp3) is 0.500. The number of pyridine rings is 2. The molecule has 0 bridgehead atoms. The monoisotopic (exact) mass is 548 g/mol. The van der Waals surface area contributed by atoms with Crippen molar-refractivity contribution in [1.82, 2.24) is 19.8 Å². The molecule has 1 atom stereocenters. The van der Waals surface area contributed by atoms with Crippen molar-refractivity contribution in [3.8, 4) is 6.07 Å². The Morgan fingerprint density at radius 3 is 2.85 bits per heavy atom. The number of likely N-dealkylation sites (N-methyl/N-ethyl adjacent to an activating group) is 2. The lowest BCUT2D eigenvalue weighted by Crippen LogP contribution is -2.44. The van der Waals surface area contributed by atoms with Gasteiger partial charge in [0.1, 0.15) is 23.4 Å². The zero-order chi connectivity index (χ0) is 28.6. The number of ether oxygens (including phenoxy) is 1. The van der Waals surface area contributed by atoms with Crippen LogP contribution in [0.5, 0.6) is 0 Å². The molecule has 2 N–H and O–H groups in total. The average molecular weight is 549 g/mol. The highest BCUT2D eigenvalue weighted by Crippen LogP contribution is 2.29. The molecule has 0 aliphatic carbocycles. The van der Waals surface area contributed by atoms with Crippen molar-refractivity contribution in [3.63, 3.8) is 0 Å². The lowest BCUT2D eigenvalue weighted by molar-refractivity contribution is -0.135. The van der Waals surface area contributed by atoms with Gasteiger partial charge in [-0.1, -0.05) is 6.92 Å². The minimum atomic E-state index is -0.439. The maximum absolute atomic E-state index is 13.3. The Labute approximate surface area is 234 Å². The highest BCUT2D eigenvalue weighted by Gasteiger charge is 2.32. The number of hydrogen-bond acceptors (Lipinski definition) is 9. The molecule has 3 amide bonds. The van der Waals surface area contributed by atoms with Gasteiger partial charge in [0.05, 0.1) is 23.9 Å². The van der Waals surface area contributed by atoms with E-state index in [0.29, 0.717) is 55.0 Å². The molecular formula is C28H36N8O4. The minimum Gasteiger partial charge on any atom is -0.383 e. The van der Waals surface area contributed by atoms with Crippen LogP contribution in [-0.4, -0.2) is 91.0 Å². The number of carbonyl (C=O) groups is 3. The van der Waals surface area contributed by atoms with Crippen molar-refractivity contribution in [2.75, 3.05) is 62.5 Å². The Hall–Kier alpha value is -4.08. The van der Waals surface area contributed by atoms with Crippen molar-refractivity contribution in [1.29, 1.82) is 5.26 Å². The molecule has 4 heterocycles. The van der Waals surface area contributed by atoms with E-state index in [9.17, 15) is 19.6 Å². The van der Waals surface area contributed by atoms with Gasteiger partial charge < -0.3 is 15.0 Å². The summed E-state index contributed by atoms with van der Waals surface area (Å²) in [6.07, 6.45) is 5.32. The number of anilines is 3. The summed E-state index contributed by atoms with van der Waals surface area (Å²) < 4.78 is 5.05. The molecule has 1 saturated heterocycles. The largest absolute Gasteiger partial charge is 0.383 e. The maximum Gasteiger partial charge on any atom is 0.328 e. The number of rotatable bonds is 10. The Kier molecular flexibility index (Phi) is 9.63. The average Bonchev–Trinajstić information content (AvgIpc) is 3.45. The van der Waals surface area contributed by atoms with E-state index < -0.39 is 6.03 Å². The summed E-state index contributed by atoms with van der Waals surface area (Å²) >= 11 is 0. The van der Waals surface area contributed by atoms with Crippen LogP contribution in [0.4, 0.5) is 22.1 Å². The molecule has 40 heavy (non-hydrogen) atoms. The van der Waals surface area contributed by atoms with Crippen LogP contribution in [0.3, 0.4) is 0 Å². The van der Waals surface area contributed by atoms with E-state index >= 15 is 0 Å². The molecule has 2 aromatic rings. The van der Waals surface area contributed by atoms with Gasteiger partial charge in [0.2, 0.25) is 5.91 Å². The second kappa shape index (κ2) is 13.3. The third-order valence-corrected chi connectivity index (χ3v) is 7.35. The molecular weight excluding hydrogens is 512 g/mol. The number of nitrogens with one attached hydrogen (secondary N) is 2. The standard InChI is InChI=1S/C28H36N8O4/c1-4-35-10-6-8-24(35)27(38)34(2)17-20-13-19-7-5-11-36(26(19)32-23(20)18-37)28(39)33-25-14-22(30-9-12-40-3)21(15-29)16-31-25/h13-14,16,18,24H,4-12,17H2,1-3H3,(H2,30,31,33,39)/t24-/m1/s1. The van der Waals surface area contributed by atoms with Gasteiger partial charge in [-0.25, -0.2) is 14.8 Å². The predicted octanol–water partition coefficient (Wildman–Crippen LogP) is 2.65. The maximum atomic E-state index is 13.3. The number of nitriles is 1. The van der Waals surface area contributed by atoms with Gasteiger partial charge in [0.15, 0.2) is 6.29 Å². The number of amides is 3. The molecule has 12 heteroatoms. The van der Waals surface area contributed by atoms with Gasteiger partial charge in [0.25, 0.3) is 0 Å². The molecule has 4 rings (SSSR count). The number of fused-ring (bicyclic) bond motifs is 1. The highest BCUT2D eigenvalue weighted by molar-refractivity contribution is 6.02. The van der Waals surface area contributed by atoms with Gasteiger partial charge in [-0.05, 0) is 50.4 Å². The molecule has 2 aliphatic heterocycles. The van der Waals surface area contributed by atoms with Crippen LogP contribution >= 0.6 is 0 Å². The molecule has 212 valence electrons. The van der Waals surface area contributed by atoms with Gasteiger partial charge in [-0.2, -0.15) is 5.26 Å². The van der Waals surface area contributed by atoms with E-state index in [-0.39, 0.29) is 30.0 Å². The SMILES string of the molecule is CCN1CCC[C@@H]1C(=O)N(C)Cc1cc2c(nc1C=O)N(C(=O)Nc1cc(NCCOC)c(C#N)cn1)CCC2. The zero-order valence-electron chi connectivity index (χ0n) is 23.3. The van der Waals surface area contributed by atoms with Gasteiger partial charge in [-0.15, -0.1) is 0 Å². The van der Waals surface area contributed by atoms with Crippen LogP contribution in [0.25, 0.3) is 0 Å². The van der Waals surface area contributed by atoms with E-state index in [2.05, 4.69) is 38.5 Å². The number of methoxy groups -OCH3 is 1. The molecule has 0 radical (unpaired) electrons. The lowest BCUT2D eigenvalue weighted by atomic mass is 10.0. The smallest absolute Gasteiger partial charge is 0.328 e. The third kappa shape index (κ3) is 6.38. The van der Waals surface area contributed by atoms with Crippen LogP contribution < -0.4 is 15.5 Å². The Morgan fingerprint density at radius 2 is 2.12 bits per heavy atom. The summed E-state index contributed by atoms with van der Waals surface area (Å²) in [7, 11) is 3.34. The zero-order valence-corrected chi connectivity index (χ0v) is 23.3. The van der Waals surface area contributed by atoms with Crippen molar-refractivity contribution >= 4 is 35.5 Å². The van der Waals surface area contributed by atoms with Crippen LogP contribution in [0.1, 0.15) is 53.4 Å². The molecule has 0 spiro atoms. The first-order chi connectivity index (χ1) is 19.4. The first-order valence-corrected chi connectivity index (χ1v) is 13.6. The van der Waals surface area contributed by atoms with E-state index in [1.54, 1.807) is 25.1 Å². The highest BCUT2D eigenvalue weighted by atomic mass is 16.5. The number of aldehydes is 1. The Bertz CT molecular complexity index is 1290. The number of likely N-dealkylation sites (tertiary alicyclic amines) is 1. The molecule has 2 aliphatic rings. The molecule has 0 saturated carbocycles. The van der Waals surface area contributed by atoms with Crippen molar-refractivity contribution in [2.45, 2.75) is 45.2 Å². The van der Waals surface area contributed by atoms with Gasteiger partial charge in [0, 0.05) is 51.6 Å². The van der Waals surface area contributed by atoms with Crippen molar-refractivity contribution in [3.05, 3.63) is 40.7 Å². The topological polar surface area (TPSA) is 144 Å². The second-order valence-electron chi connectivity index (χ2n) is 9.95. The van der Waals surface area contributed by atoms with E-state index in [1.807, 2.05) is 6.07 Å². The summed E-state index contributed by atoms with van der Waals surface area (Å²) in [6, 6.07) is 4.99. The summed E-state index contributed by atoms with van der Waals surface area (Å²) in [5.74, 6) is 0.737. The van der Waals surface area contributed by atoms with Gasteiger partial charge >= 0.3 is 6.03 Å². The number of carbonyl (C=O) groups excluding carboxylic acids is 3. The number of hydrogen-bond donors (Lipinski definition) is 2. The number of aromatic nitrogens is 2.